The molecule has 0 aliphatic carbocycles. The Kier molecular flexibility index (Phi) is 5.53. The molecule has 4 amide bonds. The van der Waals surface area contributed by atoms with Crippen LogP contribution in [-0.4, -0.2) is 52.8 Å². The molecule has 2 heterocycles. The summed E-state index contributed by atoms with van der Waals surface area (Å²) < 4.78 is 0. The molecule has 0 bridgehead atoms. The third-order valence-electron chi connectivity index (χ3n) is 3.92. The molecule has 0 atom stereocenters. The van der Waals surface area contributed by atoms with Crippen LogP contribution in [0.1, 0.15) is 12.8 Å². The average Bonchev–Trinajstić information content (AvgIpc) is 3.15. The van der Waals surface area contributed by atoms with Crippen molar-refractivity contribution in [2.75, 3.05) is 25.5 Å². The summed E-state index contributed by atoms with van der Waals surface area (Å²) in [6.07, 6.45) is 0.599. The maximum Gasteiger partial charge on any atom is 0.326 e. The quantitative estimate of drug-likeness (QED) is 0.766. The van der Waals surface area contributed by atoms with Crippen molar-refractivity contribution in [2.24, 2.45) is 0 Å². The monoisotopic (exact) mass is 392 g/mol. The number of nitrogens with one attached hydrogen (secondary N) is 1. The summed E-state index contributed by atoms with van der Waals surface area (Å²) >= 11 is 7.47. The molecule has 1 aromatic heterocycles. The lowest BCUT2D eigenvalue weighted by molar-refractivity contribution is -0.125. The van der Waals surface area contributed by atoms with Gasteiger partial charge in [-0.3, -0.25) is 14.5 Å². The number of halogens is 1. The number of hydrogen-bond acceptors (Lipinski definition) is 5. The van der Waals surface area contributed by atoms with Crippen molar-refractivity contribution < 1.29 is 14.4 Å². The van der Waals surface area contributed by atoms with Gasteiger partial charge in [0.05, 0.1) is 5.69 Å². The fourth-order valence-electron chi connectivity index (χ4n) is 2.59. The van der Waals surface area contributed by atoms with Crippen molar-refractivity contribution in [1.29, 1.82) is 0 Å². The molecule has 1 saturated heterocycles. The van der Waals surface area contributed by atoms with Crippen LogP contribution >= 0.6 is 22.9 Å². The molecule has 7 nitrogen and oxygen atoms in total. The number of carbonyl (C=O) groups excluding carboxylic acids is 3. The largest absolute Gasteiger partial charge is 0.326 e. The van der Waals surface area contributed by atoms with E-state index >= 15 is 0 Å². The van der Waals surface area contributed by atoms with Gasteiger partial charge in [0.15, 0.2) is 5.13 Å². The topological polar surface area (TPSA) is 82.6 Å². The van der Waals surface area contributed by atoms with Crippen molar-refractivity contribution in [2.45, 2.75) is 12.8 Å². The van der Waals surface area contributed by atoms with E-state index in [2.05, 4.69) is 10.3 Å². The molecule has 2 aromatic rings. The lowest BCUT2D eigenvalue weighted by Gasteiger charge is -2.13. The van der Waals surface area contributed by atoms with Gasteiger partial charge >= 0.3 is 6.03 Å². The number of rotatable bonds is 6. The Morgan fingerprint density at radius 1 is 1.35 bits per heavy atom. The van der Waals surface area contributed by atoms with Gasteiger partial charge in [0.2, 0.25) is 11.8 Å². The number of aromatic nitrogens is 1. The van der Waals surface area contributed by atoms with E-state index in [4.69, 9.17) is 11.6 Å². The van der Waals surface area contributed by atoms with Crippen molar-refractivity contribution in [3.63, 3.8) is 0 Å². The summed E-state index contributed by atoms with van der Waals surface area (Å²) in [7, 11) is 1.58. The number of imide groups is 1. The number of carbonyl (C=O) groups is 3. The lowest BCUT2D eigenvalue weighted by Crippen LogP contribution is -2.32. The second-order valence-electron chi connectivity index (χ2n) is 5.85. The van der Waals surface area contributed by atoms with Crippen LogP contribution in [-0.2, 0) is 9.59 Å². The first kappa shape index (κ1) is 18.3. The zero-order valence-electron chi connectivity index (χ0n) is 14.1. The van der Waals surface area contributed by atoms with Crippen molar-refractivity contribution >= 4 is 45.9 Å². The summed E-state index contributed by atoms with van der Waals surface area (Å²) in [6.45, 7) is 0.327. The second-order valence-corrected chi connectivity index (χ2v) is 7.12. The average molecular weight is 393 g/mol. The predicted octanol–water partition coefficient (Wildman–Crippen LogP) is 3.08. The highest BCUT2D eigenvalue weighted by Gasteiger charge is 2.32. The van der Waals surface area contributed by atoms with E-state index in [0.29, 0.717) is 22.3 Å². The third kappa shape index (κ3) is 4.03. The minimum atomic E-state index is -0.320. The number of benzene rings is 1. The van der Waals surface area contributed by atoms with Gasteiger partial charge in [0.25, 0.3) is 0 Å². The molecular weight excluding hydrogens is 376 g/mol. The number of hydrogen-bond donors (Lipinski definition) is 1. The van der Waals surface area contributed by atoms with Crippen molar-refractivity contribution in [1.82, 2.24) is 14.8 Å². The van der Waals surface area contributed by atoms with E-state index in [0.717, 1.165) is 5.56 Å². The molecule has 0 spiro atoms. The number of urea groups is 1. The van der Waals surface area contributed by atoms with Gasteiger partial charge in [-0.2, -0.15) is 0 Å². The molecule has 3 rings (SSSR count). The first-order valence-corrected chi connectivity index (χ1v) is 9.27. The van der Waals surface area contributed by atoms with E-state index in [1.54, 1.807) is 13.1 Å². The Morgan fingerprint density at radius 2 is 2.12 bits per heavy atom. The second kappa shape index (κ2) is 7.84. The van der Waals surface area contributed by atoms with Crippen LogP contribution in [0.4, 0.5) is 9.93 Å². The first-order chi connectivity index (χ1) is 12.5. The fraction of sp³-hybridized carbons (Fsp3) is 0.294. The molecular formula is C17H17ClN4O3S. The van der Waals surface area contributed by atoms with Gasteiger partial charge in [0, 0.05) is 36.0 Å². The van der Waals surface area contributed by atoms with Crippen LogP contribution in [0.3, 0.4) is 0 Å². The van der Waals surface area contributed by atoms with Crippen LogP contribution in [0.5, 0.6) is 0 Å². The van der Waals surface area contributed by atoms with E-state index in [-0.39, 0.29) is 37.4 Å². The predicted molar refractivity (Wildman–Crippen MR) is 100 cm³/mol. The standard InChI is InChI=1S/C17H17ClN4O3S/c1-21-9-15(24)22(17(21)25)8-4-7-14(23)20-16-19-13(10-26-16)11-5-2-3-6-12(11)18/h2-3,5-6,10H,4,7-9H2,1H3,(H,19,20,23). The molecule has 9 heteroatoms. The molecule has 0 radical (unpaired) electrons. The van der Waals surface area contributed by atoms with Gasteiger partial charge < -0.3 is 10.2 Å². The molecule has 1 aromatic carbocycles. The summed E-state index contributed by atoms with van der Waals surface area (Å²) in [4.78, 5) is 42.4. The molecule has 0 saturated carbocycles. The number of thiazole rings is 1. The third-order valence-corrected chi connectivity index (χ3v) is 5.00. The first-order valence-electron chi connectivity index (χ1n) is 8.01. The van der Waals surface area contributed by atoms with Gasteiger partial charge in [-0.25, -0.2) is 9.78 Å². The number of nitrogens with zero attached hydrogens (tertiary/aromatic N) is 3. The van der Waals surface area contributed by atoms with Gasteiger partial charge in [0.1, 0.15) is 6.54 Å². The van der Waals surface area contributed by atoms with E-state index in [1.165, 1.54) is 21.1 Å². The fourth-order valence-corrected chi connectivity index (χ4v) is 3.55. The SMILES string of the molecule is CN1CC(=O)N(CCCC(=O)Nc2nc(-c3ccccc3Cl)cs2)C1=O. The Balaban J connectivity index is 1.51. The minimum absolute atomic E-state index is 0.0922. The Labute approximate surface area is 159 Å². The van der Waals surface area contributed by atoms with Crippen molar-refractivity contribution in [3.05, 3.63) is 34.7 Å². The van der Waals surface area contributed by atoms with Gasteiger partial charge in [-0.15, -0.1) is 11.3 Å². The van der Waals surface area contributed by atoms with Crippen LogP contribution in [0.2, 0.25) is 5.02 Å². The van der Waals surface area contributed by atoms with E-state index in [9.17, 15) is 14.4 Å². The summed E-state index contributed by atoms with van der Waals surface area (Å²) in [6, 6.07) is 7.04. The number of anilines is 1. The maximum atomic E-state index is 12.1. The highest BCUT2D eigenvalue weighted by molar-refractivity contribution is 7.14. The molecule has 26 heavy (non-hydrogen) atoms. The smallest absolute Gasteiger partial charge is 0.318 e. The minimum Gasteiger partial charge on any atom is -0.318 e. The molecule has 1 N–H and O–H groups in total. The van der Waals surface area contributed by atoms with Gasteiger partial charge in [-0.1, -0.05) is 29.8 Å². The number of likely N-dealkylation sites (N-methyl/N-ethyl adjacent to an activating group) is 1. The Bertz CT molecular complexity index is 854. The number of amides is 4. The van der Waals surface area contributed by atoms with Crippen LogP contribution < -0.4 is 5.32 Å². The summed E-state index contributed by atoms with van der Waals surface area (Å²) in [5.41, 5.74) is 1.51. The molecule has 136 valence electrons. The molecule has 1 aliphatic rings. The molecule has 1 aliphatic heterocycles. The van der Waals surface area contributed by atoms with Crippen LogP contribution in [0, 0.1) is 0 Å². The van der Waals surface area contributed by atoms with Crippen LogP contribution in [0.25, 0.3) is 11.3 Å². The molecule has 0 unspecified atom stereocenters. The summed E-state index contributed by atoms with van der Waals surface area (Å²) in [5.74, 6) is -0.445. The summed E-state index contributed by atoms with van der Waals surface area (Å²) in [5, 5.41) is 5.64. The lowest BCUT2D eigenvalue weighted by atomic mass is 10.2. The Morgan fingerprint density at radius 3 is 2.81 bits per heavy atom. The van der Waals surface area contributed by atoms with Crippen LogP contribution in [0.15, 0.2) is 29.6 Å². The van der Waals surface area contributed by atoms with Crippen molar-refractivity contribution in [3.8, 4) is 11.3 Å². The normalized spacial score (nSPS) is 14.2. The Hall–Kier alpha value is -2.45. The van der Waals surface area contributed by atoms with E-state index in [1.807, 2.05) is 23.6 Å². The highest BCUT2D eigenvalue weighted by atomic mass is 35.5. The van der Waals surface area contributed by atoms with Gasteiger partial charge in [-0.05, 0) is 12.5 Å². The highest BCUT2D eigenvalue weighted by Crippen LogP contribution is 2.30. The zero-order chi connectivity index (χ0) is 18.7. The maximum absolute atomic E-state index is 12.1. The molecule has 1 fully saturated rings. The van der Waals surface area contributed by atoms with E-state index < -0.39 is 0 Å². The zero-order valence-corrected chi connectivity index (χ0v) is 15.6.